The number of aryl methyl sites for hydroxylation is 2. The Kier molecular flexibility index (Phi) is 50.2. The van der Waals surface area contributed by atoms with Crippen molar-refractivity contribution < 1.29 is 19.1 Å². The number of hydrogen-bond acceptors (Lipinski definition) is 0. The molecule has 0 amide bonds. The third-order valence-electron chi connectivity index (χ3n) is 16.9. The summed E-state index contributed by atoms with van der Waals surface area (Å²) >= 11 is 2.05. The van der Waals surface area contributed by atoms with Gasteiger partial charge in [0.1, 0.15) is 0 Å². The third-order valence-corrected chi connectivity index (χ3v) is 18.3. The smallest absolute Gasteiger partial charge is 0.493 e. The second kappa shape index (κ2) is 54.3. The second-order valence-corrected chi connectivity index (χ2v) is 25.8. The molecule has 2 nitrogen and oxygen atoms in total. The minimum Gasteiger partial charge on any atom is -0.493 e. The molecule has 452 valence electrons. The van der Waals surface area contributed by atoms with Crippen molar-refractivity contribution in [3.63, 3.8) is 0 Å². The molecule has 0 radical (unpaired) electrons. The zero-order valence-electron chi connectivity index (χ0n) is 53.3. The first kappa shape index (κ1) is 72.1. The first-order valence-corrected chi connectivity index (χ1v) is 36.5. The van der Waals surface area contributed by atoms with E-state index in [9.17, 15) is 5.53 Å². The van der Waals surface area contributed by atoms with Crippen LogP contribution in [0.15, 0.2) is 59.7 Å². The Labute approximate surface area is 494 Å². The maximum absolute atomic E-state index is 11.6. The molecule has 1 heterocycles. The molecule has 2 aromatic rings. The van der Waals surface area contributed by atoms with Crippen molar-refractivity contribution in [1.29, 1.82) is 0 Å². The van der Waals surface area contributed by atoms with Gasteiger partial charge in [0.2, 0.25) is 11.4 Å². The van der Waals surface area contributed by atoms with Gasteiger partial charge in [-0.15, -0.1) is 0 Å². The minimum atomic E-state index is 0.987. The zero-order valence-corrected chi connectivity index (χ0v) is 54.3. The number of nitrogens with zero attached hydrogens (tertiary/aromatic N) is 2. The molecule has 1 aliphatic rings. The molecule has 0 fully saturated rings. The van der Waals surface area contributed by atoms with Gasteiger partial charge < -0.3 is 5.53 Å². The Hall–Kier alpha value is -1.99. The summed E-state index contributed by atoms with van der Waals surface area (Å²) < 4.78 is 1.51. The van der Waals surface area contributed by atoms with Crippen LogP contribution < -0.4 is 0 Å². The van der Waals surface area contributed by atoms with Gasteiger partial charge in [-0.2, -0.15) is 0 Å². The molecule has 3 heteroatoms. The molecule has 2 aromatic carbocycles. The van der Waals surface area contributed by atoms with E-state index in [0.29, 0.717) is 0 Å². The summed E-state index contributed by atoms with van der Waals surface area (Å²) in [5, 5.41) is 2.87. The summed E-state index contributed by atoms with van der Waals surface area (Å²) in [6.45, 7) is 13.6. The van der Waals surface area contributed by atoms with E-state index in [1.54, 1.807) is 0 Å². The van der Waals surface area contributed by atoms with Crippen LogP contribution in [-0.4, -0.2) is 4.70 Å². The Morgan fingerprint density at radius 2 is 0.500 bits per heavy atom. The molecule has 0 N–H and O–H groups in total. The van der Waals surface area contributed by atoms with E-state index >= 15 is 0 Å². The van der Waals surface area contributed by atoms with Gasteiger partial charge in [-0.1, -0.05) is 207 Å². The minimum absolute atomic E-state index is 0.987. The van der Waals surface area contributed by atoms with Crippen molar-refractivity contribution in [3.8, 4) is 0 Å². The van der Waals surface area contributed by atoms with E-state index < -0.39 is 0 Å². The predicted octanol–water partition coefficient (Wildman–Crippen LogP) is 27.1. The standard InChI is InChI=1S/C33H46N2.2C21H43.Ni/c1-5-9-12-13-16-27-20-24-28(25-21-27)32-30(14-8-4)31(17-11-7-3)33(35(32)34)29-22-18-26(19-23-29)15-10-6-2;2*1-3-5-7-9-11-13-15-17-19-21-20-18-16-14-12-10-8-6-4-2;/h18-25H,5-17H2,1-4H3;2*1,3-21H2,2H3;. The van der Waals surface area contributed by atoms with Gasteiger partial charge >= 0.3 is 166 Å². The maximum atomic E-state index is 11.6. The van der Waals surface area contributed by atoms with Gasteiger partial charge in [-0.3, -0.25) is 0 Å². The first-order chi connectivity index (χ1) is 38.6. The van der Waals surface area contributed by atoms with Crippen LogP contribution in [0.5, 0.6) is 0 Å². The van der Waals surface area contributed by atoms with Crippen LogP contribution in [-0.2, 0) is 27.3 Å². The fourth-order valence-electron chi connectivity index (χ4n) is 11.7. The molecule has 0 saturated carbocycles. The quantitative estimate of drug-likeness (QED) is 0.0358. The zero-order chi connectivity index (χ0) is 56.0. The third kappa shape index (κ3) is 37.2. The molecule has 0 atom stereocenters. The van der Waals surface area contributed by atoms with Crippen molar-refractivity contribution in [2.45, 2.75) is 380 Å². The molecule has 3 rings (SSSR count). The topological polar surface area (TPSA) is 25.3 Å². The van der Waals surface area contributed by atoms with Crippen molar-refractivity contribution in [2.24, 2.45) is 0 Å². The fraction of sp³-hybridized carbons (Fsp3) is 0.787. The molecule has 0 aromatic heterocycles. The second-order valence-electron chi connectivity index (χ2n) is 24.3. The normalized spacial score (nSPS) is 12.7. The van der Waals surface area contributed by atoms with Gasteiger partial charge in [-0.25, -0.2) is 4.70 Å². The van der Waals surface area contributed by atoms with E-state index in [-0.39, 0.29) is 0 Å². The summed E-state index contributed by atoms with van der Waals surface area (Å²) in [5.74, 6) is 0. The summed E-state index contributed by atoms with van der Waals surface area (Å²) in [6.07, 6.45) is 71.4. The van der Waals surface area contributed by atoms with Crippen LogP contribution in [0.25, 0.3) is 16.9 Å². The average molecular weight is 1120 g/mol. The number of unbranched alkanes of at least 4 members (excludes halogenated alkanes) is 41. The van der Waals surface area contributed by atoms with Gasteiger partial charge in [0, 0.05) is 22.3 Å². The van der Waals surface area contributed by atoms with Gasteiger partial charge in [-0.05, 0) is 80.3 Å². The number of benzene rings is 2. The molecular weight excluding hydrogens is 988 g/mol. The number of hydrogen-bond donors (Lipinski definition) is 0. The van der Waals surface area contributed by atoms with Crippen molar-refractivity contribution in [3.05, 3.63) is 87.5 Å². The van der Waals surface area contributed by atoms with Crippen molar-refractivity contribution >= 4 is 11.4 Å². The van der Waals surface area contributed by atoms with Crippen molar-refractivity contribution in [2.75, 3.05) is 0 Å². The Balaban J connectivity index is 0.000000543. The van der Waals surface area contributed by atoms with Crippen LogP contribution in [0.3, 0.4) is 0 Å². The Morgan fingerprint density at radius 1 is 0.256 bits per heavy atom. The molecule has 0 aliphatic carbocycles. The van der Waals surface area contributed by atoms with Crippen LogP contribution >= 0.6 is 0 Å². The average Bonchev–Trinajstić information content (AvgIpc) is 3.76. The SMILES string of the molecule is CCCCCCCCCCCCCCCCCCCC[CH2][Ni][CH2]CCCCCCCCCCCCCCCCCCCC.CCCCCCc1ccc(C2=C(CCC)C(CCCC)=C(c3ccc(CCCC)cc3)[N+]2=[N-])cc1. The first-order valence-electron chi connectivity index (χ1n) is 35.1. The summed E-state index contributed by atoms with van der Waals surface area (Å²) in [5.41, 5.74) is 21.3. The van der Waals surface area contributed by atoms with E-state index in [2.05, 4.69) is 90.1 Å². The van der Waals surface area contributed by atoms with E-state index in [1.165, 1.54) is 320 Å². The van der Waals surface area contributed by atoms with Gasteiger partial charge in [0.25, 0.3) is 0 Å². The number of rotatable bonds is 55. The van der Waals surface area contributed by atoms with E-state index in [0.717, 1.165) is 67.5 Å². The monoisotopic (exact) mass is 1120 g/mol. The molecule has 78 heavy (non-hydrogen) atoms. The predicted molar refractivity (Wildman–Crippen MR) is 348 cm³/mol. The van der Waals surface area contributed by atoms with E-state index in [4.69, 9.17) is 0 Å². The van der Waals surface area contributed by atoms with Gasteiger partial charge in [0.15, 0.2) is 0 Å². The van der Waals surface area contributed by atoms with Crippen LogP contribution in [0, 0.1) is 0 Å². The summed E-state index contributed by atoms with van der Waals surface area (Å²) in [6, 6.07) is 17.9. The van der Waals surface area contributed by atoms with Gasteiger partial charge in [0.05, 0.1) is 0 Å². The fourth-order valence-corrected chi connectivity index (χ4v) is 13.0. The molecule has 0 unspecified atom stereocenters. The molecule has 0 saturated heterocycles. The summed E-state index contributed by atoms with van der Waals surface area (Å²) in [4.78, 5) is 0. The molecule has 0 bridgehead atoms. The van der Waals surface area contributed by atoms with Crippen LogP contribution in [0.2, 0.25) is 10.8 Å². The molecule has 0 spiro atoms. The molecule has 1 aliphatic heterocycles. The van der Waals surface area contributed by atoms with Crippen LogP contribution in [0.1, 0.15) is 378 Å². The Morgan fingerprint density at radius 3 is 0.795 bits per heavy atom. The molecular formula is C75H132N2Ni. The van der Waals surface area contributed by atoms with Crippen LogP contribution in [0.4, 0.5) is 0 Å². The Bertz CT molecular complexity index is 1640. The van der Waals surface area contributed by atoms with E-state index in [1.807, 2.05) is 14.4 Å². The van der Waals surface area contributed by atoms with Crippen molar-refractivity contribution in [1.82, 2.24) is 0 Å². The number of allylic oxidation sites excluding steroid dienone is 2. The summed E-state index contributed by atoms with van der Waals surface area (Å²) in [7, 11) is 0.